The number of ether oxygens (including phenoxy) is 1. The predicted molar refractivity (Wildman–Crippen MR) is 56.1 cm³/mol. The summed E-state index contributed by atoms with van der Waals surface area (Å²) in [5, 5.41) is 9.56. The normalized spacial score (nSPS) is 40.1. The molecule has 0 spiro atoms. The molecular weight excluding hydrogens is 192 g/mol. The zero-order valence-corrected chi connectivity index (χ0v) is 9.06. The highest BCUT2D eigenvalue weighted by Gasteiger charge is 2.48. The highest BCUT2D eigenvalue weighted by atomic mass is 16.5. The Morgan fingerprint density at radius 3 is 2.67 bits per heavy atom. The predicted octanol–water partition coefficient (Wildman–Crippen LogP) is 1.51. The molecule has 0 heterocycles. The van der Waals surface area contributed by atoms with Crippen LogP contribution in [-0.4, -0.2) is 23.3 Å². The zero-order valence-electron chi connectivity index (χ0n) is 9.06. The lowest BCUT2D eigenvalue weighted by atomic mass is 9.84. The molecule has 0 aromatic carbocycles. The number of carbonyl (C=O) groups excluding carboxylic acids is 1. The number of carbonyl (C=O) groups is 1. The van der Waals surface area contributed by atoms with E-state index in [1.807, 2.05) is 6.92 Å². The van der Waals surface area contributed by atoms with E-state index in [4.69, 9.17) is 4.74 Å². The molecule has 0 aliphatic heterocycles. The maximum atomic E-state index is 11.1. The first-order valence-electron chi connectivity index (χ1n) is 5.63. The molecule has 3 heteroatoms. The SMILES string of the molecule is C=CC(=O)OC1CC2CC1CC2C(C)O. The van der Waals surface area contributed by atoms with Crippen molar-refractivity contribution < 1.29 is 14.6 Å². The van der Waals surface area contributed by atoms with Crippen molar-refractivity contribution in [3.05, 3.63) is 12.7 Å². The molecule has 5 atom stereocenters. The third-order valence-electron chi connectivity index (χ3n) is 3.90. The van der Waals surface area contributed by atoms with Crippen molar-refractivity contribution >= 4 is 5.97 Å². The van der Waals surface area contributed by atoms with Crippen LogP contribution in [0.1, 0.15) is 26.2 Å². The maximum Gasteiger partial charge on any atom is 0.330 e. The maximum absolute atomic E-state index is 11.1. The molecule has 3 nitrogen and oxygen atoms in total. The van der Waals surface area contributed by atoms with E-state index < -0.39 is 0 Å². The molecule has 0 radical (unpaired) electrons. The summed E-state index contributed by atoms with van der Waals surface area (Å²) in [6.07, 6.45) is 4.08. The van der Waals surface area contributed by atoms with Crippen molar-refractivity contribution in [1.29, 1.82) is 0 Å². The number of esters is 1. The van der Waals surface area contributed by atoms with Gasteiger partial charge in [-0.2, -0.15) is 0 Å². The van der Waals surface area contributed by atoms with E-state index >= 15 is 0 Å². The van der Waals surface area contributed by atoms with Crippen molar-refractivity contribution in [3.63, 3.8) is 0 Å². The number of hydrogen-bond acceptors (Lipinski definition) is 3. The summed E-state index contributed by atoms with van der Waals surface area (Å²) >= 11 is 0. The van der Waals surface area contributed by atoms with Crippen LogP contribution in [0.25, 0.3) is 0 Å². The second-order valence-corrected chi connectivity index (χ2v) is 4.81. The van der Waals surface area contributed by atoms with Crippen molar-refractivity contribution in [2.24, 2.45) is 17.8 Å². The fourth-order valence-corrected chi connectivity index (χ4v) is 3.20. The Morgan fingerprint density at radius 2 is 2.20 bits per heavy atom. The van der Waals surface area contributed by atoms with Gasteiger partial charge >= 0.3 is 5.97 Å². The minimum absolute atomic E-state index is 0.0653. The lowest BCUT2D eigenvalue weighted by molar-refractivity contribution is -0.146. The smallest absolute Gasteiger partial charge is 0.330 e. The van der Waals surface area contributed by atoms with E-state index in [1.165, 1.54) is 6.08 Å². The van der Waals surface area contributed by atoms with E-state index in [1.54, 1.807) is 0 Å². The Labute approximate surface area is 90.1 Å². The van der Waals surface area contributed by atoms with E-state index in [9.17, 15) is 9.90 Å². The van der Waals surface area contributed by atoms with Crippen LogP contribution in [0.4, 0.5) is 0 Å². The molecule has 0 aromatic rings. The van der Waals surface area contributed by atoms with Gasteiger partial charge in [0.1, 0.15) is 6.10 Å². The molecule has 2 bridgehead atoms. The molecule has 2 aliphatic rings. The summed E-state index contributed by atoms with van der Waals surface area (Å²) in [5.41, 5.74) is 0. The van der Waals surface area contributed by atoms with Gasteiger partial charge in [-0.15, -0.1) is 0 Å². The fourth-order valence-electron chi connectivity index (χ4n) is 3.20. The van der Waals surface area contributed by atoms with Gasteiger partial charge in [-0.05, 0) is 43.9 Å². The van der Waals surface area contributed by atoms with Gasteiger partial charge < -0.3 is 9.84 Å². The first-order valence-corrected chi connectivity index (χ1v) is 5.63. The van der Waals surface area contributed by atoms with E-state index in [0.717, 1.165) is 19.3 Å². The number of aliphatic hydroxyl groups excluding tert-OH is 1. The summed E-state index contributed by atoms with van der Waals surface area (Å²) in [4.78, 5) is 11.1. The lowest BCUT2D eigenvalue weighted by Crippen LogP contribution is -2.31. The molecular formula is C12H18O3. The van der Waals surface area contributed by atoms with E-state index in [0.29, 0.717) is 17.8 Å². The Bertz CT molecular complexity index is 272. The van der Waals surface area contributed by atoms with Crippen LogP contribution in [0.3, 0.4) is 0 Å². The van der Waals surface area contributed by atoms with Crippen LogP contribution >= 0.6 is 0 Å². The van der Waals surface area contributed by atoms with Gasteiger partial charge in [0, 0.05) is 6.08 Å². The molecule has 2 saturated carbocycles. The van der Waals surface area contributed by atoms with Gasteiger partial charge in [0.2, 0.25) is 0 Å². The first kappa shape index (κ1) is 10.7. The van der Waals surface area contributed by atoms with Gasteiger partial charge in [-0.1, -0.05) is 6.58 Å². The monoisotopic (exact) mass is 210 g/mol. The van der Waals surface area contributed by atoms with Crippen LogP contribution in [-0.2, 0) is 9.53 Å². The quantitative estimate of drug-likeness (QED) is 0.567. The van der Waals surface area contributed by atoms with Crippen LogP contribution < -0.4 is 0 Å². The van der Waals surface area contributed by atoms with Crippen molar-refractivity contribution in [1.82, 2.24) is 0 Å². The summed E-state index contributed by atoms with van der Waals surface area (Å²) in [7, 11) is 0. The summed E-state index contributed by atoms with van der Waals surface area (Å²) in [6, 6.07) is 0. The Morgan fingerprint density at radius 1 is 1.47 bits per heavy atom. The number of aliphatic hydroxyl groups is 1. The number of rotatable bonds is 3. The molecule has 2 aliphatic carbocycles. The highest BCUT2D eigenvalue weighted by molar-refractivity contribution is 5.81. The molecule has 84 valence electrons. The van der Waals surface area contributed by atoms with Gasteiger partial charge in [-0.3, -0.25) is 0 Å². The molecule has 2 rings (SSSR count). The lowest BCUT2D eigenvalue weighted by Gasteiger charge is -2.29. The molecule has 5 unspecified atom stereocenters. The van der Waals surface area contributed by atoms with Gasteiger partial charge in [0.05, 0.1) is 6.10 Å². The van der Waals surface area contributed by atoms with Crippen molar-refractivity contribution in [2.45, 2.75) is 38.4 Å². The summed E-state index contributed by atoms with van der Waals surface area (Å²) in [5.74, 6) is 1.09. The molecule has 0 aromatic heterocycles. The average Bonchev–Trinajstić information content (AvgIpc) is 2.76. The largest absolute Gasteiger partial charge is 0.459 e. The second-order valence-electron chi connectivity index (χ2n) is 4.81. The second kappa shape index (κ2) is 3.97. The van der Waals surface area contributed by atoms with Crippen molar-refractivity contribution in [3.8, 4) is 0 Å². The molecule has 0 saturated heterocycles. The average molecular weight is 210 g/mol. The Balaban J connectivity index is 1.91. The first-order chi connectivity index (χ1) is 7.11. The van der Waals surface area contributed by atoms with E-state index in [2.05, 4.69) is 6.58 Å². The third-order valence-corrected chi connectivity index (χ3v) is 3.90. The summed E-state index contributed by atoms with van der Waals surface area (Å²) < 4.78 is 5.28. The summed E-state index contributed by atoms with van der Waals surface area (Å²) in [6.45, 7) is 5.25. The molecule has 1 N–H and O–H groups in total. The highest BCUT2D eigenvalue weighted by Crippen LogP contribution is 2.50. The van der Waals surface area contributed by atoms with Crippen LogP contribution in [0.5, 0.6) is 0 Å². The molecule has 15 heavy (non-hydrogen) atoms. The van der Waals surface area contributed by atoms with Crippen LogP contribution in [0.2, 0.25) is 0 Å². The third kappa shape index (κ3) is 1.93. The minimum Gasteiger partial charge on any atom is -0.459 e. The number of hydrogen-bond donors (Lipinski definition) is 1. The fraction of sp³-hybridized carbons (Fsp3) is 0.750. The minimum atomic E-state index is -0.318. The molecule has 0 amide bonds. The van der Waals surface area contributed by atoms with Gasteiger partial charge in [-0.25, -0.2) is 4.79 Å². The van der Waals surface area contributed by atoms with Gasteiger partial charge in [0.25, 0.3) is 0 Å². The van der Waals surface area contributed by atoms with E-state index in [-0.39, 0.29) is 18.2 Å². The Kier molecular flexibility index (Phi) is 2.83. The topological polar surface area (TPSA) is 46.5 Å². The standard InChI is InChI=1S/C12H18O3/c1-3-12(14)15-11-6-8-4-9(11)5-10(8)7(2)13/h3,7-11,13H,1,4-6H2,2H3. The van der Waals surface area contributed by atoms with Gasteiger partial charge in [0.15, 0.2) is 0 Å². The van der Waals surface area contributed by atoms with Crippen LogP contribution in [0.15, 0.2) is 12.7 Å². The van der Waals surface area contributed by atoms with Crippen molar-refractivity contribution in [2.75, 3.05) is 0 Å². The van der Waals surface area contributed by atoms with Crippen LogP contribution in [0, 0.1) is 17.8 Å². The Hall–Kier alpha value is -0.830. The number of fused-ring (bicyclic) bond motifs is 2. The zero-order chi connectivity index (χ0) is 11.0. The molecule has 2 fully saturated rings.